The fourth-order valence-corrected chi connectivity index (χ4v) is 1.06. The van der Waals surface area contributed by atoms with Crippen LogP contribution in [-0.4, -0.2) is 12.6 Å². The molecule has 0 saturated carbocycles. The van der Waals surface area contributed by atoms with Gasteiger partial charge in [0, 0.05) is 11.3 Å². The van der Waals surface area contributed by atoms with Crippen molar-refractivity contribution >= 4 is 18.0 Å². The molecule has 0 spiro atoms. The zero-order valence-corrected chi connectivity index (χ0v) is 7.99. The van der Waals surface area contributed by atoms with E-state index in [4.69, 9.17) is 5.73 Å². The lowest BCUT2D eigenvalue weighted by atomic mass is 10.1. The fraction of sp³-hybridized carbons (Fsp3) is 0.100. The van der Waals surface area contributed by atoms with Gasteiger partial charge < -0.3 is 10.5 Å². The average Bonchev–Trinajstić information content (AvgIpc) is 2.16. The summed E-state index contributed by atoms with van der Waals surface area (Å²) in [5.74, 6) is -0.403. The van der Waals surface area contributed by atoms with E-state index in [2.05, 4.69) is 4.74 Å². The van der Waals surface area contributed by atoms with Gasteiger partial charge in [0.1, 0.15) is 12.0 Å². The number of hydrogen-bond acceptors (Lipinski definition) is 3. The van der Waals surface area contributed by atoms with Crippen LogP contribution >= 0.6 is 0 Å². The minimum Gasteiger partial charge on any atom is -0.405 e. The number of ether oxygens (including phenoxy) is 1. The summed E-state index contributed by atoms with van der Waals surface area (Å²) in [7, 11) is 0. The second-order valence-corrected chi connectivity index (χ2v) is 2.84. The third kappa shape index (κ3) is 3.64. The van der Waals surface area contributed by atoms with Gasteiger partial charge in [0.15, 0.2) is 0 Å². The molecule has 6 heteroatoms. The Labute approximate surface area is 89.3 Å². The van der Waals surface area contributed by atoms with Gasteiger partial charge in [-0.2, -0.15) is 0 Å². The molecule has 0 aliphatic carbocycles. The van der Waals surface area contributed by atoms with Crippen LogP contribution in [0, 0.1) is 0 Å². The van der Waals surface area contributed by atoms with E-state index in [1.165, 1.54) is 18.2 Å². The number of allylic oxidation sites excluding steroid dienone is 1. The molecule has 0 aliphatic rings. The first-order valence-electron chi connectivity index (χ1n) is 4.19. The third-order valence-corrected chi connectivity index (χ3v) is 1.61. The third-order valence-electron chi connectivity index (χ3n) is 1.61. The summed E-state index contributed by atoms with van der Waals surface area (Å²) < 4.78 is 39.8. The Kier molecular flexibility index (Phi) is 3.55. The molecule has 0 aliphatic heterocycles. The first-order chi connectivity index (χ1) is 7.42. The first kappa shape index (κ1) is 12.1. The summed E-state index contributed by atoms with van der Waals surface area (Å²) in [4.78, 5) is 10.1. The maximum absolute atomic E-state index is 12.0. The van der Waals surface area contributed by atoms with Crippen molar-refractivity contribution in [1.82, 2.24) is 0 Å². The van der Waals surface area contributed by atoms with E-state index in [0.29, 0.717) is 6.29 Å². The molecule has 0 radical (unpaired) electrons. The molecule has 1 rings (SSSR count). The Bertz CT molecular complexity index is 413. The van der Waals surface area contributed by atoms with Crippen molar-refractivity contribution in [1.29, 1.82) is 0 Å². The van der Waals surface area contributed by atoms with Crippen LogP contribution < -0.4 is 10.5 Å². The number of carbonyl (C=O) groups excluding carboxylic acids is 1. The zero-order chi connectivity index (χ0) is 12.2. The number of aldehydes is 1. The predicted molar refractivity (Wildman–Crippen MR) is 52.6 cm³/mol. The standard InChI is InChI=1S/C10H8F3NO2/c11-10(12,13)16-9-4-3-8(14)6-7(9)2-1-5-15/h1-6H,14H2. The molecule has 0 aromatic heterocycles. The lowest BCUT2D eigenvalue weighted by molar-refractivity contribution is -0.274. The number of rotatable bonds is 3. The van der Waals surface area contributed by atoms with Crippen LogP contribution in [0.4, 0.5) is 18.9 Å². The van der Waals surface area contributed by atoms with Crippen molar-refractivity contribution in [2.75, 3.05) is 5.73 Å². The number of nitrogen functional groups attached to an aromatic ring is 1. The zero-order valence-electron chi connectivity index (χ0n) is 7.99. The molecular formula is C10H8F3NO2. The van der Waals surface area contributed by atoms with Gasteiger partial charge in [-0.1, -0.05) is 0 Å². The molecule has 2 N–H and O–H groups in total. The van der Waals surface area contributed by atoms with Crippen molar-refractivity contribution < 1.29 is 22.7 Å². The molecule has 1 aromatic carbocycles. The first-order valence-corrected chi connectivity index (χ1v) is 4.19. The highest BCUT2D eigenvalue weighted by Crippen LogP contribution is 2.28. The maximum atomic E-state index is 12.0. The van der Waals surface area contributed by atoms with Crippen LogP contribution in [0.15, 0.2) is 24.3 Å². The molecule has 0 atom stereocenters. The van der Waals surface area contributed by atoms with Crippen molar-refractivity contribution in [2.24, 2.45) is 0 Å². The molecule has 0 bridgehead atoms. The van der Waals surface area contributed by atoms with Crippen molar-refractivity contribution in [3.05, 3.63) is 29.8 Å². The number of hydrogen-bond donors (Lipinski definition) is 1. The summed E-state index contributed by atoms with van der Waals surface area (Å²) in [5, 5.41) is 0. The Morgan fingerprint density at radius 2 is 2.00 bits per heavy atom. The van der Waals surface area contributed by atoms with Gasteiger partial charge in [-0.25, -0.2) is 0 Å². The highest BCUT2D eigenvalue weighted by molar-refractivity contribution is 5.76. The van der Waals surface area contributed by atoms with Crippen LogP contribution in [0.1, 0.15) is 5.56 Å². The van der Waals surface area contributed by atoms with Gasteiger partial charge in [-0.3, -0.25) is 4.79 Å². The van der Waals surface area contributed by atoms with Crippen LogP contribution in [0.3, 0.4) is 0 Å². The number of anilines is 1. The molecule has 0 unspecified atom stereocenters. The second-order valence-electron chi connectivity index (χ2n) is 2.84. The lowest BCUT2D eigenvalue weighted by Gasteiger charge is -2.11. The molecule has 0 heterocycles. The monoisotopic (exact) mass is 231 g/mol. The van der Waals surface area contributed by atoms with E-state index in [1.807, 2.05) is 0 Å². The molecule has 0 saturated heterocycles. The Hall–Kier alpha value is -1.98. The minimum absolute atomic E-state index is 0.0874. The van der Waals surface area contributed by atoms with Crippen LogP contribution in [0.5, 0.6) is 5.75 Å². The topological polar surface area (TPSA) is 52.3 Å². The molecule has 0 fully saturated rings. The quantitative estimate of drug-likeness (QED) is 0.493. The Morgan fingerprint density at radius 3 is 2.56 bits per heavy atom. The molecule has 1 aromatic rings. The normalized spacial score (nSPS) is 11.7. The van der Waals surface area contributed by atoms with Gasteiger partial charge in [-0.05, 0) is 30.4 Å². The van der Waals surface area contributed by atoms with Gasteiger partial charge in [-0.15, -0.1) is 13.2 Å². The fourth-order valence-electron chi connectivity index (χ4n) is 1.06. The molecule has 0 amide bonds. The lowest BCUT2D eigenvalue weighted by Crippen LogP contribution is -2.17. The van der Waals surface area contributed by atoms with E-state index in [9.17, 15) is 18.0 Å². The summed E-state index contributed by atoms with van der Waals surface area (Å²) in [6.45, 7) is 0. The largest absolute Gasteiger partial charge is 0.573 e. The minimum atomic E-state index is -4.78. The highest BCUT2D eigenvalue weighted by Gasteiger charge is 2.31. The highest BCUT2D eigenvalue weighted by atomic mass is 19.4. The molecule has 86 valence electrons. The predicted octanol–water partition coefficient (Wildman–Crippen LogP) is 2.38. The summed E-state index contributed by atoms with van der Waals surface area (Å²) >= 11 is 0. The number of halogens is 3. The number of benzene rings is 1. The van der Waals surface area contributed by atoms with E-state index in [-0.39, 0.29) is 11.3 Å². The number of carbonyl (C=O) groups is 1. The van der Waals surface area contributed by atoms with Crippen molar-refractivity contribution in [3.8, 4) is 5.75 Å². The van der Waals surface area contributed by atoms with Gasteiger partial charge in [0.2, 0.25) is 0 Å². The smallest absolute Gasteiger partial charge is 0.405 e. The van der Waals surface area contributed by atoms with Crippen molar-refractivity contribution in [3.63, 3.8) is 0 Å². The summed E-state index contributed by atoms with van der Waals surface area (Å²) in [6.07, 6.45) is -2.09. The van der Waals surface area contributed by atoms with E-state index in [1.54, 1.807) is 0 Å². The van der Waals surface area contributed by atoms with E-state index >= 15 is 0 Å². The number of alkyl halides is 3. The average molecular weight is 231 g/mol. The van der Waals surface area contributed by atoms with Crippen LogP contribution in [-0.2, 0) is 4.79 Å². The van der Waals surface area contributed by atoms with Crippen molar-refractivity contribution in [2.45, 2.75) is 6.36 Å². The van der Waals surface area contributed by atoms with Crippen LogP contribution in [0.25, 0.3) is 6.08 Å². The summed E-state index contributed by atoms with van der Waals surface area (Å²) in [5.41, 5.74) is 5.77. The molecule has 3 nitrogen and oxygen atoms in total. The second kappa shape index (κ2) is 4.69. The Balaban J connectivity index is 3.07. The SMILES string of the molecule is Nc1ccc(OC(F)(F)F)c(C=CC=O)c1. The van der Waals surface area contributed by atoms with Gasteiger partial charge >= 0.3 is 6.36 Å². The maximum Gasteiger partial charge on any atom is 0.573 e. The summed E-state index contributed by atoms with van der Waals surface area (Å²) in [6, 6.07) is 3.65. The van der Waals surface area contributed by atoms with Gasteiger partial charge in [0.25, 0.3) is 0 Å². The Morgan fingerprint density at radius 1 is 1.31 bits per heavy atom. The van der Waals surface area contributed by atoms with E-state index < -0.39 is 12.1 Å². The van der Waals surface area contributed by atoms with Crippen LogP contribution in [0.2, 0.25) is 0 Å². The number of nitrogens with two attached hydrogens (primary N) is 1. The van der Waals surface area contributed by atoms with E-state index in [0.717, 1.165) is 12.1 Å². The van der Waals surface area contributed by atoms with Gasteiger partial charge in [0.05, 0.1) is 0 Å². The molecular weight excluding hydrogens is 223 g/mol. The molecule has 16 heavy (non-hydrogen) atoms.